The molecule has 2 atom stereocenters. The minimum absolute atomic E-state index is 0.000515. The Labute approximate surface area is 166 Å². The van der Waals surface area contributed by atoms with Crippen LogP contribution in [-0.4, -0.2) is 18.6 Å². The molecule has 29 heavy (non-hydrogen) atoms. The van der Waals surface area contributed by atoms with Crippen molar-refractivity contribution in [2.75, 3.05) is 6.61 Å². The minimum atomic E-state index is -4.48. The first-order valence-electron chi connectivity index (χ1n) is 8.09. The molecule has 0 aliphatic carbocycles. The van der Waals surface area contributed by atoms with Crippen molar-refractivity contribution in [3.8, 4) is 5.75 Å². The lowest BCUT2D eigenvalue weighted by Gasteiger charge is -2.23. The second kappa shape index (κ2) is 9.60. The summed E-state index contributed by atoms with van der Waals surface area (Å²) in [6.07, 6.45) is 0. The van der Waals surface area contributed by atoms with Gasteiger partial charge < -0.3 is 9.26 Å². The van der Waals surface area contributed by atoms with Crippen LogP contribution < -0.4 is 9.61 Å². The van der Waals surface area contributed by atoms with Crippen LogP contribution in [0.4, 0.5) is 22.0 Å². The molecular weight excluding hydrogens is 440 g/mol. The number of carbonyl (C=O) groups excluding carboxylic acids is 1. The molecule has 0 heterocycles. The first-order chi connectivity index (χ1) is 13.6. The molecule has 12 heteroatoms. The van der Waals surface area contributed by atoms with E-state index in [1.807, 2.05) is 0 Å². The summed E-state index contributed by atoms with van der Waals surface area (Å²) in [5.74, 6) is -12.0. The van der Waals surface area contributed by atoms with E-state index in [1.54, 1.807) is 6.07 Å². The van der Waals surface area contributed by atoms with Crippen LogP contribution >= 0.6 is 18.1 Å². The molecule has 158 valence electrons. The van der Waals surface area contributed by atoms with Crippen molar-refractivity contribution in [1.29, 1.82) is 0 Å². The summed E-state index contributed by atoms with van der Waals surface area (Å²) in [5, 5.41) is 2.23. The van der Waals surface area contributed by atoms with E-state index in [0.29, 0.717) is 0 Å². The number of para-hydroxylation sites is 1. The SMILES string of the molecule is CCOC(=O)[C@H](C)N[P@@](=O)(Oc1ccccc1)Sc1c(F)c(F)c(F)c(F)c1F. The van der Waals surface area contributed by atoms with Crippen LogP contribution in [0.3, 0.4) is 0 Å². The zero-order valence-corrected chi connectivity index (χ0v) is 16.8. The van der Waals surface area contributed by atoms with Crippen molar-refractivity contribution in [3.63, 3.8) is 0 Å². The van der Waals surface area contributed by atoms with Crippen molar-refractivity contribution in [2.24, 2.45) is 0 Å². The van der Waals surface area contributed by atoms with Crippen molar-refractivity contribution < 1.29 is 40.6 Å². The Hall–Kier alpha value is -2.10. The van der Waals surface area contributed by atoms with Crippen LogP contribution in [0.5, 0.6) is 5.75 Å². The molecule has 0 bridgehead atoms. The molecule has 0 spiro atoms. The standard InChI is InChI=1S/C17H15F5NO4PS/c1-3-26-17(24)9(2)23-28(25,27-10-7-5-4-6-8-10)29-16-14(21)12(19)11(18)13(20)15(16)22/h4-9H,3H2,1-2H3,(H,23,25)/t9-,28+/m0/s1. The molecule has 0 saturated heterocycles. The van der Waals surface area contributed by atoms with Crippen molar-refractivity contribution in [1.82, 2.24) is 5.09 Å². The van der Waals surface area contributed by atoms with Gasteiger partial charge in [0, 0.05) is 11.4 Å². The number of hydrogen-bond acceptors (Lipinski definition) is 5. The largest absolute Gasteiger partial charge is 0.465 e. The van der Waals surface area contributed by atoms with Crippen LogP contribution in [0.2, 0.25) is 0 Å². The van der Waals surface area contributed by atoms with Crippen LogP contribution in [0.1, 0.15) is 13.8 Å². The fourth-order valence-electron chi connectivity index (χ4n) is 2.03. The van der Waals surface area contributed by atoms with Gasteiger partial charge in [-0.3, -0.25) is 4.79 Å². The van der Waals surface area contributed by atoms with E-state index < -0.39 is 52.7 Å². The van der Waals surface area contributed by atoms with Gasteiger partial charge in [-0.25, -0.2) is 31.6 Å². The van der Waals surface area contributed by atoms with Crippen LogP contribution in [0.25, 0.3) is 0 Å². The van der Waals surface area contributed by atoms with Crippen molar-refractivity contribution in [2.45, 2.75) is 24.8 Å². The molecule has 0 aliphatic heterocycles. The molecule has 0 aromatic heterocycles. The number of ether oxygens (including phenoxy) is 1. The number of esters is 1. The summed E-state index contributed by atoms with van der Waals surface area (Å²) in [5.41, 5.74) is 0. The zero-order valence-electron chi connectivity index (χ0n) is 15.0. The summed E-state index contributed by atoms with van der Waals surface area (Å²) in [7, 11) is 0. The van der Waals surface area contributed by atoms with E-state index in [9.17, 15) is 31.3 Å². The molecule has 0 radical (unpaired) electrons. The summed E-state index contributed by atoms with van der Waals surface area (Å²) in [6.45, 7) is -1.72. The predicted molar refractivity (Wildman–Crippen MR) is 96.0 cm³/mol. The monoisotopic (exact) mass is 455 g/mol. The highest BCUT2D eigenvalue weighted by Gasteiger charge is 2.37. The lowest BCUT2D eigenvalue weighted by Crippen LogP contribution is -2.33. The first-order valence-corrected chi connectivity index (χ1v) is 11.1. The van der Waals surface area contributed by atoms with E-state index >= 15 is 0 Å². The molecule has 2 aromatic carbocycles. The van der Waals surface area contributed by atoms with Gasteiger partial charge >= 0.3 is 12.7 Å². The van der Waals surface area contributed by atoms with E-state index in [4.69, 9.17) is 9.26 Å². The lowest BCUT2D eigenvalue weighted by atomic mass is 10.3. The number of nitrogens with one attached hydrogen (secondary N) is 1. The van der Waals surface area contributed by atoms with Gasteiger partial charge in [-0.1, -0.05) is 18.2 Å². The van der Waals surface area contributed by atoms with Gasteiger partial charge in [-0.05, 0) is 26.0 Å². The molecule has 0 saturated carbocycles. The Morgan fingerprint density at radius 1 is 1.03 bits per heavy atom. The molecular formula is C17H15F5NO4PS. The normalized spacial score (nSPS) is 14.2. The number of benzene rings is 2. The molecule has 2 rings (SSSR count). The highest BCUT2D eigenvalue weighted by molar-refractivity contribution is 8.56. The summed E-state index contributed by atoms with van der Waals surface area (Å²) >= 11 is -0.242. The number of rotatable bonds is 8. The lowest BCUT2D eigenvalue weighted by molar-refractivity contribution is -0.144. The second-order valence-corrected chi connectivity index (χ2v) is 9.51. The maximum absolute atomic E-state index is 14.1. The Morgan fingerprint density at radius 3 is 2.07 bits per heavy atom. The van der Waals surface area contributed by atoms with E-state index in [0.717, 1.165) is 0 Å². The Morgan fingerprint density at radius 2 is 1.55 bits per heavy atom. The maximum atomic E-state index is 14.1. The molecule has 5 nitrogen and oxygen atoms in total. The van der Waals surface area contributed by atoms with E-state index in [2.05, 4.69) is 5.09 Å². The third kappa shape index (κ3) is 5.49. The predicted octanol–water partition coefficient (Wildman–Crippen LogP) is 5.20. The van der Waals surface area contributed by atoms with Crippen LogP contribution in [0.15, 0.2) is 35.2 Å². The van der Waals surface area contributed by atoms with Crippen LogP contribution in [-0.2, 0) is 14.1 Å². The van der Waals surface area contributed by atoms with Gasteiger partial charge in [0.25, 0.3) is 0 Å². The second-order valence-electron chi connectivity index (χ2n) is 5.49. The Balaban J connectivity index is 2.46. The Bertz CT molecular complexity index is 918. The van der Waals surface area contributed by atoms with E-state index in [1.165, 1.54) is 38.1 Å². The quantitative estimate of drug-likeness (QED) is 0.194. The van der Waals surface area contributed by atoms with Crippen molar-refractivity contribution >= 4 is 24.1 Å². The highest BCUT2D eigenvalue weighted by Crippen LogP contribution is 2.60. The number of halogens is 5. The van der Waals surface area contributed by atoms with Gasteiger partial charge in [0.05, 0.1) is 11.5 Å². The average molecular weight is 455 g/mol. The van der Waals surface area contributed by atoms with Crippen molar-refractivity contribution in [3.05, 3.63) is 59.4 Å². The smallest absolute Gasteiger partial charge is 0.379 e. The highest BCUT2D eigenvalue weighted by atomic mass is 32.7. The van der Waals surface area contributed by atoms with Crippen LogP contribution in [0, 0.1) is 29.1 Å². The fourth-order valence-corrected chi connectivity index (χ4v) is 5.94. The van der Waals surface area contributed by atoms with Gasteiger partial charge in [0.2, 0.25) is 5.82 Å². The first kappa shape index (κ1) is 23.2. The third-order valence-corrected chi connectivity index (χ3v) is 7.09. The minimum Gasteiger partial charge on any atom is -0.465 e. The topological polar surface area (TPSA) is 64.6 Å². The van der Waals surface area contributed by atoms with Gasteiger partial charge in [0.15, 0.2) is 23.3 Å². The molecule has 0 unspecified atom stereocenters. The molecule has 2 aromatic rings. The molecule has 0 amide bonds. The maximum Gasteiger partial charge on any atom is 0.379 e. The summed E-state index contributed by atoms with van der Waals surface area (Å²) in [4.78, 5) is 10.4. The number of hydrogen-bond donors (Lipinski definition) is 1. The zero-order chi connectivity index (χ0) is 21.8. The Kier molecular flexibility index (Phi) is 7.67. The fraction of sp³-hybridized carbons (Fsp3) is 0.235. The molecule has 0 aliphatic rings. The van der Waals surface area contributed by atoms with Gasteiger partial charge in [-0.2, -0.15) is 0 Å². The third-order valence-electron chi connectivity index (χ3n) is 3.34. The van der Waals surface area contributed by atoms with Gasteiger partial charge in [-0.15, -0.1) is 0 Å². The molecule has 1 N–H and O–H groups in total. The summed E-state index contributed by atoms with van der Waals surface area (Å²) in [6, 6.07) is 6.02. The average Bonchev–Trinajstić information content (AvgIpc) is 2.69. The summed E-state index contributed by atoms with van der Waals surface area (Å²) < 4.78 is 91.6. The van der Waals surface area contributed by atoms with Gasteiger partial charge in [0.1, 0.15) is 11.8 Å². The van der Waals surface area contributed by atoms with E-state index in [-0.39, 0.29) is 23.7 Å². The molecule has 0 fully saturated rings. The number of carbonyl (C=O) groups is 1.